The fourth-order valence-electron chi connectivity index (χ4n) is 3.70. The Morgan fingerprint density at radius 3 is 2.88 bits per heavy atom. The van der Waals surface area contributed by atoms with Crippen LogP contribution >= 0.6 is 0 Å². The summed E-state index contributed by atoms with van der Waals surface area (Å²) < 4.78 is 35.2. The standard InChI is InChI=1S/C17H18F2N4O/c18-17(19)5-3-15(17)23-14(4-7-21-23)13-8-22(11-9-24-10-11)16-12(13)2-1-6-20-16/h1-2,4,6,8,11,15,21H,3,5,7,9-10H2. The highest BCUT2D eigenvalue weighted by Crippen LogP contribution is 2.44. The van der Waals surface area contributed by atoms with Crippen LogP contribution < -0.4 is 5.43 Å². The smallest absolute Gasteiger partial charge is 0.269 e. The molecule has 2 aromatic rings. The van der Waals surface area contributed by atoms with Gasteiger partial charge in [0, 0.05) is 36.3 Å². The maximum Gasteiger partial charge on any atom is 0.269 e. The summed E-state index contributed by atoms with van der Waals surface area (Å²) in [7, 11) is 0. The second kappa shape index (κ2) is 5.00. The Hall–Kier alpha value is -1.99. The number of ether oxygens (including phenoxy) is 1. The lowest BCUT2D eigenvalue weighted by atomic mass is 9.87. The van der Waals surface area contributed by atoms with Crippen molar-refractivity contribution < 1.29 is 13.5 Å². The van der Waals surface area contributed by atoms with Crippen molar-refractivity contribution in [3.05, 3.63) is 36.2 Å². The predicted molar refractivity (Wildman–Crippen MR) is 85.4 cm³/mol. The minimum atomic E-state index is -2.63. The van der Waals surface area contributed by atoms with Crippen LogP contribution in [0.2, 0.25) is 0 Å². The van der Waals surface area contributed by atoms with E-state index in [0.717, 1.165) is 22.3 Å². The minimum absolute atomic E-state index is 0.0359. The van der Waals surface area contributed by atoms with Gasteiger partial charge in [0.25, 0.3) is 5.92 Å². The van der Waals surface area contributed by atoms with Crippen molar-refractivity contribution >= 4 is 16.7 Å². The van der Waals surface area contributed by atoms with Gasteiger partial charge < -0.3 is 9.30 Å². The molecule has 24 heavy (non-hydrogen) atoms. The third-order valence-electron chi connectivity index (χ3n) is 5.25. The number of hydrogen-bond donors (Lipinski definition) is 1. The average Bonchev–Trinajstić information content (AvgIpc) is 3.10. The Balaban J connectivity index is 1.59. The lowest BCUT2D eigenvalue weighted by molar-refractivity contribution is -0.143. The Morgan fingerprint density at radius 2 is 2.21 bits per heavy atom. The monoisotopic (exact) mass is 332 g/mol. The zero-order valence-electron chi connectivity index (χ0n) is 13.1. The Labute approximate surface area is 137 Å². The maximum atomic E-state index is 13.9. The highest BCUT2D eigenvalue weighted by molar-refractivity contribution is 5.91. The van der Waals surface area contributed by atoms with Gasteiger partial charge in [-0.1, -0.05) is 0 Å². The Bertz CT molecular complexity index is 827. The molecule has 1 unspecified atom stereocenters. The number of halogens is 2. The number of nitrogens with zero attached hydrogens (tertiary/aromatic N) is 3. The van der Waals surface area contributed by atoms with Crippen molar-refractivity contribution in [3.63, 3.8) is 0 Å². The number of hydrazine groups is 1. The summed E-state index contributed by atoms with van der Waals surface area (Å²) in [5, 5.41) is 2.65. The molecule has 1 saturated carbocycles. The van der Waals surface area contributed by atoms with Gasteiger partial charge in [-0.05, 0) is 24.6 Å². The first-order valence-corrected chi connectivity index (χ1v) is 8.29. The third kappa shape index (κ3) is 1.94. The van der Waals surface area contributed by atoms with E-state index in [1.165, 1.54) is 0 Å². The number of pyridine rings is 1. The molecule has 1 aliphatic carbocycles. The predicted octanol–water partition coefficient (Wildman–Crippen LogP) is 2.57. The van der Waals surface area contributed by atoms with Gasteiger partial charge in [0.2, 0.25) is 0 Å². The summed E-state index contributed by atoms with van der Waals surface area (Å²) in [5.41, 5.74) is 5.77. The highest BCUT2D eigenvalue weighted by atomic mass is 19.3. The van der Waals surface area contributed by atoms with Gasteiger partial charge in [0.15, 0.2) is 0 Å². The molecule has 0 bridgehead atoms. The second-order valence-corrected chi connectivity index (χ2v) is 6.65. The molecule has 2 fully saturated rings. The number of alkyl halides is 2. The topological polar surface area (TPSA) is 42.3 Å². The van der Waals surface area contributed by atoms with Crippen LogP contribution in [0.5, 0.6) is 0 Å². The molecule has 1 atom stereocenters. The largest absolute Gasteiger partial charge is 0.377 e. The van der Waals surface area contributed by atoms with E-state index < -0.39 is 12.0 Å². The van der Waals surface area contributed by atoms with Crippen LogP contribution in [0.15, 0.2) is 30.6 Å². The van der Waals surface area contributed by atoms with Gasteiger partial charge in [-0.2, -0.15) is 0 Å². The molecular formula is C17H18F2N4O. The fourth-order valence-corrected chi connectivity index (χ4v) is 3.70. The quantitative estimate of drug-likeness (QED) is 0.938. The van der Waals surface area contributed by atoms with Crippen LogP contribution in [-0.4, -0.2) is 46.3 Å². The van der Waals surface area contributed by atoms with Crippen LogP contribution in [0.3, 0.4) is 0 Å². The van der Waals surface area contributed by atoms with E-state index in [1.807, 2.05) is 24.4 Å². The zero-order valence-corrected chi connectivity index (χ0v) is 13.1. The first-order valence-electron chi connectivity index (χ1n) is 8.29. The second-order valence-electron chi connectivity index (χ2n) is 6.65. The van der Waals surface area contributed by atoms with Crippen molar-refractivity contribution in [3.8, 4) is 0 Å². The number of aromatic nitrogens is 2. The molecule has 5 nitrogen and oxygen atoms in total. The number of rotatable bonds is 3. The van der Waals surface area contributed by atoms with Gasteiger partial charge in [0.1, 0.15) is 11.7 Å². The van der Waals surface area contributed by atoms with E-state index in [9.17, 15) is 8.78 Å². The van der Waals surface area contributed by atoms with Gasteiger partial charge in [-0.3, -0.25) is 5.01 Å². The molecule has 4 heterocycles. The van der Waals surface area contributed by atoms with Crippen molar-refractivity contribution in [2.75, 3.05) is 19.8 Å². The number of hydrogen-bond acceptors (Lipinski definition) is 4. The van der Waals surface area contributed by atoms with Gasteiger partial charge in [-0.15, -0.1) is 0 Å². The third-order valence-corrected chi connectivity index (χ3v) is 5.25. The summed E-state index contributed by atoms with van der Waals surface area (Å²) in [6.07, 6.45) is 6.25. The van der Waals surface area contributed by atoms with Crippen molar-refractivity contribution in [2.24, 2.45) is 0 Å². The molecule has 3 aliphatic rings. The Morgan fingerprint density at radius 1 is 1.33 bits per heavy atom. The van der Waals surface area contributed by atoms with Crippen LogP contribution in [0.25, 0.3) is 16.7 Å². The molecule has 2 aromatic heterocycles. The molecule has 2 aliphatic heterocycles. The normalized spacial score (nSPS) is 26.3. The lowest BCUT2D eigenvalue weighted by Gasteiger charge is -2.43. The van der Waals surface area contributed by atoms with Gasteiger partial charge in [-0.25, -0.2) is 19.2 Å². The van der Waals surface area contributed by atoms with E-state index >= 15 is 0 Å². The van der Waals surface area contributed by atoms with Crippen LogP contribution in [0.4, 0.5) is 8.78 Å². The van der Waals surface area contributed by atoms with Crippen LogP contribution in [0.1, 0.15) is 24.4 Å². The summed E-state index contributed by atoms with van der Waals surface area (Å²) in [6, 6.07) is 3.39. The maximum absolute atomic E-state index is 13.9. The van der Waals surface area contributed by atoms with Crippen molar-refractivity contribution in [1.29, 1.82) is 0 Å². The van der Waals surface area contributed by atoms with E-state index in [4.69, 9.17) is 4.74 Å². The van der Waals surface area contributed by atoms with E-state index in [1.54, 1.807) is 11.2 Å². The van der Waals surface area contributed by atoms with E-state index in [-0.39, 0.29) is 12.5 Å². The number of fused-ring (bicyclic) bond motifs is 1. The van der Waals surface area contributed by atoms with E-state index in [0.29, 0.717) is 26.2 Å². The molecule has 0 aromatic carbocycles. The minimum Gasteiger partial charge on any atom is -0.377 e. The molecule has 126 valence electrons. The average molecular weight is 332 g/mol. The fraction of sp³-hybridized carbons (Fsp3) is 0.471. The van der Waals surface area contributed by atoms with Crippen LogP contribution in [-0.2, 0) is 4.74 Å². The first kappa shape index (κ1) is 14.4. The molecule has 0 spiro atoms. The SMILES string of the molecule is FC1(F)CCC1N1NCC=C1c1cn(C2COC2)c2ncccc12. The molecule has 0 amide bonds. The van der Waals surface area contributed by atoms with Gasteiger partial charge >= 0.3 is 0 Å². The summed E-state index contributed by atoms with van der Waals surface area (Å²) >= 11 is 0. The van der Waals surface area contributed by atoms with Crippen LogP contribution in [0, 0.1) is 0 Å². The molecule has 1 N–H and O–H groups in total. The molecule has 1 saturated heterocycles. The lowest BCUT2D eigenvalue weighted by Crippen LogP contribution is -2.57. The highest BCUT2D eigenvalue weighted by Gasteiger charge is 2.53. The summed E-state index contributed by atoms with van der Waals surface area (Å²) in [5.74, 6) is -2.63. The molecular weight excluding hydrogens is 314 g/mol. The molecule has 0 radical (unpaired) electrons. The van der Waals surface area contributed by atoms with E-state index in [2.05, 4.69) is 15.0 Å². The van der Waals surface area contributed by atoms with Gasteiger partial charge in [0.05, 0.1) is 25.0 Å². The summed E-state index contributed by atoms with van der Waals surface area (Å²) in [4.78, 5) is 4.50. The zero-order chi connectivity index (χ0) is 16.3. The first-order chi connectivity index (χ1) is 11.6. The van der Waals surface area contributed by atoms with Crippen molar-refractivity contribution in [1.82, 2.24) is 20.0 Å². The van der Waals surface area contributed by atoms with Crippen molar-refractivity contribution in [2.45, 2.75) is 30.8 Å². The summed E-state index contributed by atoms with van der Waals surface area (Å²) in [6.45, 7) is 1.91. The molecule has 5 rings (SSSR count). The number of nitrogens with one attached hydrogen (secondary N) is 1. The Kier molecular flexibility index (Phi) is 2.99. The molecule has 7 heteroatoms.